The van der Waals surface area contributed by atoms with Crippen molar-refractivity contribution < 1.29 is 8.42 Å². The molecule has 1 aliphatic heterocycles. The first-order valence-electron chi connectivity index (χ1n) is 7.15. The Labute approximate surface area is 130 Å². The van der Waals surface area contributed by atoms with Gasteiger partial charge in [0.05, 0.1) is 5.69 Å². The fraction of sp³-hybridized carbons (Fsp3) is 0.429. The van der Waals surface area contributed by atoms with Crippen LogP contribution in [0.5, 0.6) is 0 Å². The van der Waals surface area contributed by atoms with Gasteiger partial charge in [0, 0.05) is 45.6 Å². The largest absolute Gasteiger partial charge is 0.354 e. The summed E-state index contributed by atoms with van der Waals surface area (Å²) in [4.78, 5) is 6.70. The van der Waals surface area contributed by atoms with Crippen molar-refractivity contribution in [3.8, 4) is 0 Å². The molecule has 0 radical (unpaired) electrons. The highest BCUT2D eigenvalue weighted by atomic mass is 32.2. The summed E-state index contributed by atoms with van der Waals surface area (Å²) in [5.41, 5.74) is 0.537. The normalized spacial score (nSPS) is 16.9. The molecule has 7 nitrogen and oxygen atoms in total. The number of aryl methyl sites for hydroxylation is 2. The molecule has 0 unspecified atom stereocenters. The van der Waals surface area contributed by atoms with Gasteiger partial charge in [-0.25, -0.2) is 13.4 Å². The second-order valence-corrected chi connectivity index (χ2v) is 7.24. The molecule has 2 aromatic rings. The summed E-state index contributed by atoms with van der Waals surface area (Å²) in [6.45, 7) is 3.89. The quantitative estimate of drug-likeness (QED) is 0.829. The number of hydrogen-bond acceptors (Lipinski definition) is 5. The Morgan fingerprint density at radius 3 is 2.41 bits per heavy atom. The molecule has 118 valence electrons. The fourth-order valence-corrected chi connectivity index (χ4v) is 4.29. The van der Waals surface area contributed by atoms with Crippen LogP contribution in [0.3, 0.4) is 0 Å². The van der Waals surface area contributed by atoms with Gasteiger partial charge in [0.15, 0.2) is 0 Å². The summed E-state index contributed by atoms with van der Waals surface area (Å²) in [7, 11) is -1.75. The number of hydrogen-bond donors (Lipinski definition) is 0. The minimum atomic E-state index is -3.47. The average molecular weight is 321 g/mol. The maximum atomic E-state index is 12.7. The Morgan fingerprint density at radius 2 is 1.86 bits per heavy atom. The second-order valence-electron chi connectivity index (χ2n) is 5.33. The van der Waals surface area contributed by atoms with Crippen molar-refractivity contribution in [2.24, 2.45) is 7.05 Å². The molecule has 0 N–H and O–H groups in total. The van der Waals surface area contributed by atoms with Crippen LogP contribution in [0, 0.1) is 6.92 Å². The molecule has 3 heterocycles. The van der Waals surface area contributed by atoms with Gasteiger partial charge in [-0.1, -0.05) is 6.07 Å². The van der Waals surface area contributed by atoms with Crippen LogP contribution in [0.25, 0.3) is 0 Å². The average Bonchev–Trinajstić information content (AvgIpc) is 2.88. The van der Waals surface area contributed by atoms with Crippen LogP contribution >= 0.6 is 0 Å². The van der Waals surface area contributed by atoms with Gasteiger partial charge in [-0.05, 0) is 19.1 Å². The Kier molecular flexibility index (Phi) is 3.88. The Morgan fingerprint density at radius 1 is 1.14 bits per heavy atom. The van der Waals surface area contributed by atoms with Crippen LogP contribution in [-0.4, -0.2) is 53.7 Å². The molecular weight excluding hydrogens is 302 g/mol. The lowest BCUT2D eigenvalue weighted by Crippen LogP contribution is -2.49. The number of anilines is 1. The summed E-state index contributed by atoms with van der Waals surface area (Å²) < 4.78 is 28.5. The third-order valence-corrected chi connectivity index (χ3v) is 5.80. The zero-order chi connectivity index (χ0) is 15.7. The van der Waals surface area contributed by atoms with Crippen molar-refractivity contribution in [2.75, 3.05) is 31.1 Å². The molecule has 8 heteroatoms. The van der Waals surface area contributed by atoms with Gasteiger partial charge in [-0.2, -0.15) is 9.40 Å². The Balaban J connectivity index is 1.75. The van der Waals surface area contributed by atoms with Crippen molar-refractivity contribution in [1.82, 2.24) is 19.1 Å². The molecule has 1 fully saturated rings. The van der Waals surface area contributed by atoms with Crippen LogP contribution in [-0.2, 0) is 17.1 Å². The van der Waals surface area contributed by atoms with Crippen LogP contribution in [0.2, 0.25) is 0 Å². The minimum absolute atomic E-state index is 0.293. The number of piperazine rings is 1. The SMILES string of the molecule is Cc1nn(C)cc1S(=O)(=O)N1CCN(c2ccccn2)CC1. The van der Waals surface area contributed by atoms with Crippen molar-refractivity contribution in [1.29, 1.82) is 0 Å². The highest BCUT2D eigenvalue weighted by Crippen LogP contribution is 2.21. The standard InChI is InChI=1S/C14H19N5O2S/c1-12-13(11-17(2)16-12)22(20,21)19-9-7-18(8-10-19)14-5-3-4-6-15-14/h3-6,11H,7-10H2,1-2H3. The van der Waals surface area contributed by atoms with Crippen LogP contribution < -0.4 is 4.90 Å². The van der Waals surface area contributed by atoms with E-state index in [9.17, 15) is 8.42 Å². The first kappa shape index (κ1) is 15.0. The molecular formula is C14H19N5O2S. The predicted octanol–water partition coefficient (Wildman–Crippen LogP) is 0.634. The van der Waals surface area contributed by atoms with E-state index in [1.807, 2.05) is 18.2 Å². The lowest BCUT2D eigenvalue weighted by molar-refractivity contribution is 0.383. The third-order valence-electron chi connectivity index (χ3n) is 3.80. The van der Waals surface area contributed by atoms with Gasteiger partial charge in [0.1, 0.15) is 10.7 Å². The van der Waals surface area contributed by atoms with E-state index in [1.165, 1.54) is 8.99 Å². The van der Waals surface area contributed by atoms with Gasteiger partial charge >= 0.3 is 0 Å². The maximum Gasteiger partial charge on any atom is 0.246 e. The molecule has 22 heavy (non-hydrogen) atoms. The molecule has 0 saturated carbocycles. The van der Waals surface area contributed by atoms with E-state index in [-0.39, 0.29) is 0 Å². The molecule has 0 bridgehead atoms. The molecule has 0 spiro atoms. The van der Waals surface area contributed by atoms with E-state index < -0.39 is 10.0 Å². The Bertz CT molecular complexity index is 749. The molecule has 3 rings (SSSR count). The summed E-state index contributed by atoms with van der Waals surface area (Å²) in [6.07, 6.45) is 3.31. The van der Waals surface area contributed by atoms with Gasteiger partial charge < -0.3 is 4.90 Å². The number of nitrogens with zero attached hydrogens (tertiary/aromatic N) is 5. The van der Waals surface area contributed by atoms with E-state index in [0.717, 1.165) is 5.82 Å². The number of pyridine rings is 1. The molecule has 0 atom stereocenters. The highest BCUT2D eigenvalue weighted by Gasteiger charge is 2.31. The monoisotopic (exact) mass is 321 g/mol. The smallest absolute Gasteiger partial charge is 0.246 e. The van der Waals surface area contributed by atoms with E-state index in [1.54, 1.807) is 26.4 Å². The minimum Gasteiger partial charge on any atom is -0.354 e. The summed E-state index contributed by atoms with van der Waals surface area (Å²) >= 11 is 0. The maximum absolute atomic E-state index is 12.7. The van der Waals surface area contributed by atoms with E-state index in [0.29, 0.717) is 36.8 Å². The molecule has 2 aromatic heterocycles. The molecule has 0 aliphatic carbocycles. The molecule has 0 amide bonds. The molecule has 1 saturated heterocycles. The second kappa shape index (κ2) is 5.69. The van der Waals surface area contributed by atoms with E-state index in [2.05, 4.69) is 15.0 Å². The topological polar surface area (TPSA) is 71.3 Å². The zero-order valence-corrected chi connectivity index (χ0v) is 13.5. The van der Waals surface area contributed by atoms with Gasteiger partial charge in [-0.15, -0.1) is 0 Å². The highest BCUT2D eigenvalue weighted by molar-refractivity contribution is 7.89. The Hall–Kier alpha value is -1.93. The van der Waals surface area contributed by atoms with Gasteiger partial charge in [0.2, 0.25) is 10.0 Å². The number of aromatic nitrogens is 3. The predicted molar refractivity (Wildman–Crippen MR) is 83.2 cm³/mol. The lowest BCUT2D eigenvalue weighted by atomic mass is 10.3. The first-order valence-corrected chi connectivity index (χ1v) is 8.59. The molecule has 0 aromatic carbocycles. The van der Waals surface area contributed by atoms with E-state index in [4.69, 9.17) is 0 Å². The summed E-state index contributed by atoms with van der Waals surface area (Å²) in [6, 6.07) is 5.75. The van der Waals surface area contributed by atoms with Crippen LogP contribution in [0.15, 0.2) is 35.5 Å². The lowest BCUT2D eigenvalue weighted by Gasteiger charge is -2.34. The number of sulfonamides is 1. The van der Waals surface area contributed by atoms with Gasteiger partial charge in [0.25, 0.3) is 0 Å². The van der Waals surface area contributed by atoms with Crippen molar-refractivity contribution >= 4 is 15.8 Å². The van der Waals surface area contributed by atoms with E-state index >= 15 is 0 Å². The van der Waals surface area contributed by atoms with Crippen molar-refractivity contribution in [3.05, 3.63) is 36.3 Å². The summed E-state index contributed by atoms with van der Waals surface area (Å²) in [5.74, 6) is 0.886. The molecule has 1 aliphatic rings. The van der Waals surface area contributed by atoms with Crippen LogP contribution in [0.4, 0.5) is 5.82 Å². The number of rotatable bonds is 3. The van der Waals surface area contributed by atoms with Crippen molar-refractivity contribution in [2.45, 2.75) is 11.8 Å². The zero-order valence-electron chi connectivity index (χ0n) is 12.7. The van der Waals surface area contributed by atoms with Crippen molar-refractivity contribution in [3.63, 3.8) is 0 Å². The van der Waals surface area contributed by atoms with Gasteiger partial charge in [-0.3, -0.25) is 4.68 Å². The fourth-order valence-electron chi connectivity index (χ4n) is 2.67. The first-order chi connectivity index (χ1) is 10.5. The summed E-state index contributed by atoms with van der Waals surface area (Å²) in [5, 5.41) is 4.13. The van der Waals surface area contributed by atoms with Crippen LogP contribution in [0.1, 0.15) is 5.69 Å². The third kappa shape index (κ3) is 2.71.